The van der Waals surface area contributed by atoms with Crippen LogP contribution in [0.4, 0.5) is 0 Å². The number of rotatable bonds is 4. The number of carbonyl (C=O) groups excluding carboxylic acids is 1. The maximum atomic E-state index is 12.0. The molecule has 2 rings (SSSR count). The van der Waals surface area contributed by atoms with E-state index >= 15 is 0 Å². The van der Waals surface area contributed by atoms with Crippen LogP contribution >= 0.6 is 0 Å². The third-order valence-corrected chi connectivity index (χ3v) is 3.60. The van der Waals surface area contributed by atoms with Crippen LogP contribution < -0.4 is 5.32 Å². The number of carboxylic acid groups (broad SMARTS) is 1. The summed E-state index contributed by atoms with van der Waals surface area (Å²) < 4.78 is 10.4. The molecule has 0 aliphatic carbocycles. The summed E-state index contributed by atoms with van der Waals surface area (Å²) in [5, 5.41) is 12.0. The SMILES string of the molecule is Cc1nc(C)c(C(=O)NCC2(C(=O)O)CCOCC2)o1. The molecule has 0 spiro atoms. The van der Waals surface area contributed by atoms with Crippen LogP contribution in [0.5, 0.6) is 0 Å². The first-order chi connectivity index (χ1) is 9.44. The van der Waals surface area contributed by atoms with Crippen LogP contribution in [0.2, 0.25) is 0 Å². The highest BCUT2D eigenvalue weighted by Gasteiger charge is 2.40. The van der Waals surface area contributed by atoms with Crippen LogP contribution in [0.25, 0.3) is 0 Å². The summed E-state index contributed by atoms with van der Waals surface area (Å²) in [6.45, 7) is 4.17. The van der Waals surface area contributed by atoms with Gasteiger partial charge in [-0.2, -0.15) is 0 Å². The number of carbonyl (C=O) groups is 2. The largest absolute Gasteiger partial charge is 0.481 e. The first-order valence-corrected chi connectivity index (χ1v) is 6.48. The number of carboxylic acids is 1. The molecule has 20 heavy (non-hydrogen) atoms. The molecular formula is C13H18N2O5. The topological polar surface area (TPSA) is 102 Å². The van der Waals surface area contributed by atoms with E-state index in [1.54, 1.807) is 13.8 Å². The third-order valence-electron chi connectivity index (χ3n) is 3.60. The van der Waals surface area contributed by atoms with Crippen molar-refractivity contribution in [3.8, 4) is 0 Å². The minimum Gasteiger partial charge on any atom is -0.481 e. The molecule has 2 heterocycles. The van der Waals surface area contributed by atoms with Gasteiger partial charge < -0.3 is 19.6 Å². The molecule has 0 saturated carbocycles. The Hall–Kier alpha value is -1.89. The van der Waals surface area contributed by atoms with Gasteiger partial charge in [0.25, 0.3) is 5.91 Å². The number of hydrogen-bond donors (Lipinski definition) is 2. The van der Waals surface area contributed by atoms with Crippen molar-refractivity contribution in [2.45, 2.75) is 26.7 Å². The molecule has 7 heteroatoms. The smallest absolute Gasteiger partial charge is 0.311 e. The summed E-state index contributed by atoms with van der Waals surface area (Å²) in [6.07, 6.45) is 0.772. The standard InChI is InChI=1S/C13H18N2O5/c1-8-10(20-9(2)15-8)11(16)14-7-13(12(17)18)3-5-19-6-4-13/h3-7H2,1-2H3,(H,14,16)(H,17,18). The van der Waals surface area contributed by atoms with E-state index in [9.17, 15) is 14.7 Å². The zero-order valence-electron chi connectivity index (χ0n) is 11.6. The van der Waals surface area contributed by atoms with Crippen LogP contribution in [0.3, 0.4) is 0 Å². The molecule has 0 radical (unpaired) electrons. The fourth-order valence-corrected chi connectivity index (χ4v) is 2.30. The van der Waals surface area contributed by atoms with Crippen LogP contribution in [0.15, 0.2) is 4.42 Å². The van der Waals surface area contributed by atoms with Gasteiger partial charge >= 0.3 is 5.97 Å². The molecular weight excluding hydrogens is 264 g/mol. The van der Waals surface area contributed by atoms with Crippen molar-refractivity contribution >= 4 is 11.9 Å². The average molecular weight is 282 g/mol. The Morgan fingerprint density at radius 3 is 2.50 bits per heavy atom. The highest BCUT2D eigenvalue weighted by atomic mass is 16.5. The molecule has 1 saturated heterocycles. The van der Waals surface area contributed by atoms with Gasteiger partial charge in [0.1, 0.15) is 0 Å². The molecule has 7 nitrogen and oxygen atoms in total. The van der Waals surface area contributed by atoms with E-state index in [2.05, 4.69) is 10.3 Å². The molecule has 1 aliphatic heterocycles. The van der Waals surface area contributed by atoms with Crippen molar-refractivity contribution in [3.63, 3.8) is 0 Å². The maximum Gasteiger partial charge on any atom is 0.311 e. The Bertz CT molecular complexity index is 517. The van der Waals surface area contributed by atoms with Crippen molar-refractivity contribution in [1.82, 2.24) is 10.3 Å². The first-order valence-electron chi connectivity index (χ1n) is 6.48. The molecule has 0 unspecified atom stereocenters. The minimum atomic E-state index is -0.961. The molecule has 0 bridgehead atoms. The number of nitrogens with zero attached hydrogens (tertiary/aromatic N) is 1. The second kappa shape index (κ2) is 5.62. The number of oxazole rings is 1. The highest BCUT2D eigenvalue weighted by molar-refractivity contribution is 5.92. The van der Waals surface area contributed by atoms with E-state index in [-0.39, 0.29) is 12.3 Å². The predicted octanol–water partition coefficient (Wildman–Crippen LogP) is 0.903. The molecule has 1 amide bonds. The van der Waals surface area contributed by atoms with Gasteiger partial charge in [-0.3, -0.25) is 9.59 Å². The van der Waals surface area contributed by atoms with Gasteiger partial charge in [0.15, 0.2) is 5.89 Å². The fraction of sp³-hybridized carbons (Fsp3) is 0.615. The third kappa shape index (κ3) is 2.82. The van der Waals surface area contributed by atoms with Gasteiger partial charge in [-0.05, 0) is 19.8 Å². The van der Waals surface area contributed by atoms with E-state index in [0.717, 1.165) is 0 Å². The van der Waals surface area contributed by atoms with Gasteiger partial charge in [-0.25, -0.2) is 4.98 Å². The second-order valence-corrected chi connectivity index (χ2v) is 5.03. The van der Waals surface area contributed by atoms with E-state index in [1.807, 2.05) is 0 Å². The zero-order valence-corrected chi connectivity index (χ0v) is 11.6. The van der Waals surface area contributed by atoms with Gasteiger partial charge in [0.2, 0.25) is 5.76 Å². The predicted molar refractivity (Wildman–Crippen MR) is 68.4 cm³/mol. The van der Waals surface area contributed by atoms with Gasteiger partial charge in [-0.1, -0.05) is 0 Å². The van der Waals surface area contributed by atoms with Crippen LogP contribution in [0.1, 0.15) is 35.0 Å². The summed E-state index contributed by atoms with van der Waals surface area (Å²) in [5.74, 6) is -0.802. The van der Waals surface area contributed by atoms with Crippen molar-refractivity contribution in [1.29, 1.82) is 0 Å². The summed E-state index contributed by atoms with van der Waals surface area (Å²) in [6, 6.07) is 0. The lowest BCUT2D eigenvalue weighted by atomic mass is 9.80. The molecule has 1 fully saturated rings. The Morgan fingerprint density at radius 1 is 1.35 bits per heavy atom. The van der Waals surface area contributed by atoms with Crippen molar-refractivity contribution in [3.05, 3.63) is 17.3 Å². The van der Waals surface area contributed by atoms with E-state index in [4.69, 9.17) is 9.15 Å². The molecule has 2 N–H and O–H groups in total. The van der Waals surface area contributed by atoms with Gasteiger partial charge in [0.05, 0.1) is 11.1 Å². The van der Waals surface area contributed by atoms with E-state index in [1.165, 1.54) is 0 Å². The Kier molecular flexibility index (Phi) is 4.08. The van der Waals surface area contributed by atoms with Gasteiger partial charge in [0, 0.05) is 26.7 Å². The van der Waals surface area contributed by atoms with Gasteiger partial charge in [-0.15, -0.1) is 0 Å². The number of aromatic nitrogens is 1. The molecule has 110 valence electrons. The number of ether oxygens (including phenoxy) is 1. The van der Waals surface area contributed by atoms with Crippen LogP contribution in [0, 0.1) is 19.3 Å². The quantitative estimate of drug-likeness (QED) is 0.850. The number of aryl methyl sites for hydroxylation is 2. The molecule has 1 aliphatic rings. The summed E-state index contributed by atoms with van der Waals surface area (Å²) in [7, 11) is 0. The van der Waals surface area contributed by atoms with Crippen molar-refractivity contribution < 1.29 is 23.8 Å². The highest BCUT2D eigenvalue weighted by Crippen LogP contribution is 2.30. The summed E-state index contributed by atoms with van der Waals surface area (Å²) in [4.78, 5) is 27.5. The van der Waals surface area contributed by atoms with Crippen LogP contribution in [-0.2, 0) is 9.53 Å². The second-order valence-electron chi connectivity index (χ2n) is 5.03. The first kappa shape index (κ1) is 14.5. The Labute approximate surface area is 116 Å². The maximum absolute atomic E-state index is 12.0. The normalized spacial score (nSPS) is 17.7. The summed E-state index contributed by atoms with van der Waals surface area (Å²) in [5.41, 5.74) is -0.465. The molecule has 0 atom stereocenters. The number of hydrogen-bond acceptors (Lipinski definition) is 5. The van der Waals surface area contributed by atoms with Crippen molar-refractivity contribution in [2.24, 2.45) is 5.41 Å². The molecule has 1 aromatic rings. The Balaban J connectivity index is 2.04. The number of nitrogens with one attached hydrogen (secondary N) is 1. The minimum absolute atomic E-state index is 0.0592. The fourth-order valence-electron chi connectivity index (χ4n) is 2.30. The summed E-state index contributed by atoms with van der Waals surface area (Å²) >= 11 is 0. The van der Waals surface area contributed by atoms with E-state index < -0.39 is 17.3 Å². The average Bonchev–Trinajstić information content (AvgIpc) is 2.76. The number of amides is 1. The lowest BCUT2D eigenvalue weighted by Gasteiger charge is -2.32. The monoisotopic (exact) mass is 282 g/mol. The van der Waals surface area contributed by atoms with Crippen LogP contribution in [-0.4, -0.2) is 41.7 Å². The van der Waals surface area contributed by atoms with Crippen molar-refractivity contribution in [2.75, 3.05) is 19.8 Å². The van der Waals surface area contributed by atoms with E-state index in [0.29, 0.717) is 37.6 Å². The number of aliphatic carboxylic acids is 1. The lowest BCUT2D eigenvalue weighted by molar-refractivity contribution is -0.154. The molecule has 0 aromatic carbocycles. The molecule has 1 aromatic heterocycles. The Morgan fingerprint density at radius 2 is 2.00 bits per heavy atom. The zero-order chi connectivity index (χ0) is 14.8. The lowest BCUT2D eigenvalue weighted by Crippen LogP contribution is -2.46.